The molecule has 3 aliphatic heterocycles. The van der Waals surface area contributed by atoms with Crippen LogP contribution in [0.1, 0.15) is 42.7 Å². The van der Waals surface area contributed by atoms with E-state index in [1.54, 1.807) is 0 Å². The van der Waals surface area contributed by atoms with Gasteiger partial charge in [0.1, 0.15) is 12.0 Å². The topological polar surface area (TPSA) is 66.9 Å². The maximum atomic E-state index is 11.8. The van der Waals surface area contributed by atoms with Crippen LogP contribution in [0.15, 0.2) is 18.2 Å². The predicted octanol–water partition coefficient (Wildman–Crippen LogP) is 1.52. The lowest BCUT2D eigenvalue weighted by Crippen LogP contribution is -2.37. The number of imide groups is 1. The molecule has 2 saturated heterocycles. The van der Waals surface area contributed by atoms with Crippen molar-refractivity contribution in [1.29, 1.82) is 0 Å². The second kappa shape index (κ2) is 7.19. The lowest BCUT2D eigenvalue weighted by atomic mass is 9.93. The van der Waals surface area contributed by atoms with Crippen LogP contribution < -0.4 is 4.74 Å². The van der Waals surface area contributed by atoms with Gasteiger partial charge in [0.15, 0.2) is 0 Å². The van der Waals surface area contributed by atoms with Gasteiger partial charge in [0.25, 0.3) is 0 Å². The highest BCUT2D eigenvalue weighted by atomic mass is 16.5. The summed E-state index contributed by atoms with van der Waals surface area (Å²) >= 11 is 0. The molecule has 1 aromatic carbocycles. The Labute approximate surface area is 153 Å². The third kappa shape index (κ3) is 3.26. The molecule has 2 amide bonds. The summed E-state index contributed by atoms with van der Waals surface area (Å²) < 4.78 is 5.59. The van der Waals surface area contributed by atoms with Gasteiger partial charge < -0.3 is 9.53 Å². The molecule has 6 nitrogen and oxygen atoms in total. The maximum Gasteiger partial charge on any atom is 0.229 e. The number of rotatable bonds is 6. The molecule has 0 N–H and O–H groups in total. The van der Waals surface area contributed by atoms with Gasteiger partial charge in [-0.3, -0.25) is 19.4 Å². The van der Waals surface area contributed by atoms with Gasteiger partial charge in [-0.25, -0.2) is 0 Å². The molecule has 2 fully saturated rings. The molecule has 0 spiro atoms. The summed E-state index contributed by atoms with van der Waals surface area (Å²) in [4.78, 5) is 38.3. The van der Waals surface area contributed by atoms with E-state index in [9.17, 15) is 14.4 Å². The number of ether oxygens (including phenoxy) is 1. The van der Waals surface area contributed by atoms with Crippen LogP contribution in [0, 0.1) is 0 Å². The Kier molecular flexibility index (Phi) is 4.76. The molecule has 0 bridgehead atoms. The second-order valence-electron chi connectivity index (χ2n) is 7.40. The molecule has 0 radical (unpaired) electrons. The molecule has 6 heteroatoms. The maximum absolute atomic E-state index is 11.8. The van der Waals surface area contributed by atoms with Crippen LogP contribution in [0.3, 0.4) is 0 Å². The van der Waals surface area contributed by atoms with E-state index in [1.165, 1.54) is 16.0 Å². The van der Waals surface area contributed by atoms with E-state index in [1.807, 2.05) is 0 Å². The van der Waals surface area contributed by atoms with E-state index < -0.39 is 0 Å². The largest absolute Gasteiger partial charge is 0.493 e. The van der Waals surface area contributed by atoms with Crippen molar-refractivity contribution in [2.75, 3.05) is 26.2 Å². The summed E-state index contributed by atoms with van der Waals surface area (Å²) in [5.74, 6) is 1.23. The molecule has 0 aliphatic carbocycles. The van der Waals surface area contributed by atoms with E-state index in [4.69, 9.17) is 4.74 Å². The first-order chi connectivity index (χ1) is 12.7. The molecule has 4 rings (SSSR count). The van der Waals surface area contributed by atoms with E-state index in [0.29, 0.717) is 31.8 Å². The van der Waals surface area contributed by atoms with Crippen molar-refractivity contribution in [1.82, 2.24) is 9.80 Å². The smallest absolute Gasteiger partial charge is 0.229 e. The fourth-order valence-electron chi connectivity index (χ4n) is 4.46. The molecule has 2 unspecified atom stereocenters. The monoisotopic (exact) mass is 356 g/mol. The molecule has 2 atom stereocenters. The van der Waals surface area contributed by atoms with E-state index in [-0.39, 0.29) is 17.9 Å². The van der Waals surface area contributed by atoms with Gasteiger partial charge in [-0.1, -0.05) is 12.1 Å². The third-order valence-electron chi connectivity index (χ3n) is 5.86. The Balaban J connectivity index is 1.44. The van der Waals surface area contributed by atoms with Crippen LogP contribution in [-0.4, -0.2) is 60.2 Å². The fourth-order valence-corrected chi connectivity index (χ4v) is 4.46. The first-order valence-electron chi connectivity index (χ1n) is 9.42. The minimum atomic E-state index is -0.0647. The van der Waals surface area contributed by atoms with Crippen molar-refractivity contribution < 1.29 is 19.1 Å². The van der Waals surface area contributed by atoms with Crippen molar-refractivity contribution in [3.05, 3.63) is 29.3 Å². The van der Waals surface area contributed by atoms with Crippen molar-refractivity contribution in [3.8, 4) is 5.75 Å². The Morgan fingerprint density at radius 1 is 1.15 bits per heavy atom. The molecule has 3 aliphatic rings. The highest BCUT2D eigenvalue weighted by Crippen LogP contribution is 2.36. The number of amides is 2. The SMILES string of the molecule is O=CCN1CC(c2ccc3c(c2)CCO3)CC1CCN1C(=O)CCC1=O. The zero-order chi connectivity index (χ0) is 18.1. The molecular formula is C20H24N2O4. The third-order valence-corrected chi connectivity index (χ3v) is 5.86. The number of aldehydes is 1. The first kappa shape index (κ1) is 17.2. The number of carbonyl (C=O) groups is 3. The van der Waals surface area contributed by atoms with Gasteiger partial charge in [0, 0.05) is 38.4 Å². The van der Waals surface area contributed by atoms with Crippen molar-refractivity contribution in [2.45, 2.75) is 44.1 Å². The number of fused-ring (bicyclic) bond motifs is 1. The van der Waals surface area contributed by atoms with Crippen LogP contribution in [-0.2, 0) is 20.8 Å². The van der Waals surface area contributed by atoms with Gasteiger partial charge in [0.05, 0.1) is 13.2 Å². The summed E-state index contributed by atoms with van der Waals surface area (Å²) in [6.07, 6.45) is 4.25. The van der Waals surface area contributed by atoms with Crippen molar-refractivity contribution in [2.24, 2.45) is 0 Å². The van der Waals surface area contributed by atoms with Gasteiger partial charge in [-0.05, 0) is 36.0 Å². The van der Waals surface area contributed by atoms with Gasteiger partial charge in [-0.2, -0.15) is 0 Å². The van der Waals surface area contributed by atoms with Crippen LogP contribution in [0.25, 0.3) is 0 Å². The molecule has 138 valence electrons. The van der Waals surface area contributed by atoms with Crippen LogP contribution in [0.5, 0.6) is 5.75 Å². The summed E-state index contributed by atoms with van der Waals surface area (Å²) in [6.45, 7) is 2.45. The van der Waals surface area contributed by atoms with Gasteiger partial charge in [0.2, 0.25) is 11.8 Å². The predicted molar refractivity (Wildman–Crippen MR) is 95.0 cm³/mol. The quantitative estimate of drug-likeness (QED) is 0.571. The Morgan fingerprint density at radius 2 is 1.96 bits per heavy atom. The number of hydrogen-bond acceptors (Lipinski definition) is 5. The summed E-state index contributed by atoms with van der Waals surface area (Å²) in [6, 6.07) is 6.64. The van der Waals surface area contributed by atoms with Gasteiger partial charge in [-0.15, -0.1) is 0 Å². The number of likely N-dealkylation sites (tertiary alicyclic amines) is 2. The summed E-state index contributed by atoms with van der Waals surface area (Å²) in [5.41, 5.74) is 2.56. The number of hydrogen-bond donors (Lipinski definition) is 0. The average Bonchev–Trinajstić information content (AvgIpc) is 3.33. The molecular weight excluding hydrogens is 332 g/mol. The number of benzene rings is 1. The Bertz CT molecular complexity index is 717. The lowest BCUT2D eigenvalue weighted by molar-refractivity contribution is -0.138. The minimum Gasteiger partial charge on any atom is -0.493 e. The summed E-state index contributed by atoms with van der Waals surface area (Å²) in [7, 11) is 0. The second-order valence-corrected chi connectivity index (χ2v) is 7.40. The van der Waals surface area contributed by atoms with Crippen molar-refractivity contribution in [3.63, 3.8) is 0 Å². The standard InChI is InChI=1S/C20H24N2O4/c23-9-8-21-13-16(14-1-2-18-15(11-14)6-10-26-18)12-17(21)5-7-22-19(24)3-4-20(22)25/h1-2,9,11,16-17H,3-8,10,12-13H2. The minimum absolute atomic E-state index is 0.0647. The molecule has 1 aromatic rings. The highest BCUT2D eigenvalue weighted by Gasteiger charge is 2.35. The zero-order valence-corrected chi connectivity index (χ0v) is 14.9. The van der Waals surface area contributed by atoms with Crippen LogP contribution in [0.2, 0.25) is 0 Å². The van der Waals surface area contributed by atoms with E-state index >= 15 is 0 Å². The zero-order valence-electron chi connectivity index (χ0n) is 14.9. The Morgan fingerprint density at radius 3 is 2.73 bits per heavy atom. The molecule has 3 heterocycles. The van der Waals surface area contributed by atoms with Crippen molar-refractivity contribution >= 4 is 18.1 Å². The fraction of sp³-hybridized carbons (Fsp3) is 0.550. The highest BCUT2D eigenvalue weighted by molar-refractivity contribution is 6.01. The number of nitrogens with zero attached hydrogens (tertiary/aromatic N) is 2. The van der Waals surface area contributed by atoms with E-state index in [2.05, 4.69) is 23.1 Å². The van der Waals surface area contributed by atoms with Crippen LogP contribution >= 0.6 is 0 Å². The first-order valence-corrected chi connectivity index (χ1v) is 9.42. The molecule has 26 heavy (non-hydrogen) atoms. The normalized spacial score (nSPS) is 25.6. The molecule has 0 aromatic heterocycles. The summed E-state index contributed by atoms with van der Waals surface area (Å²) in [5, 5.41) is 0. The number of carbonyl (C=O) groups excluding carboxylic acids is 3. The van der Waals surface area contributed by atoms with Crippen LogP contribution in [0.4, 0.5) is 0 Å². The Hall–Kier alpha value is -2.21. The average molecular weight is 356 g/mol. The lowest BCUT2D eigenvalue weighted by Gasteiger charge is -2.23. The molecule has 0 saturated carbocycles. The van der Waals surface area contributed by atoms with E-state index in [0.717, 1.165) is 44.4 Å². The van der Waals surface area contributed by atoms with Gasteiger partial charge >= 0.3 is 0 Å².